The predicted molar refractivity (Wildman–Crippen MR) is 164 cm³/mol. The summed E-state index contributed by atoms with van der Waals surface area (Å²) >= 11 is 0. The second kappa shape index (κ2) is 13.9. The number of piperazine rings is 1. The highest BCUT2D eigenvalue weighted by molar-refractivity contribution is 6.00. The second-order valence-electron chi connectivity index (χ2n) is 11.3. The molecule has 3 aromatic carbocycles. The van der Waals surface area contributed by atoms with Crippen LogP contribution in [0.1, 0.15) is 52.0 Å². The van der Waals surface area contributed by atoms with Crippen LogP contribution < -0.4 is 26.0 Å². The quantitative estimate of drug-likeness (QED) is 0.356. The lowest BCUT2D eigenvalue weighted by molar-refractivity contribution is -0.115. The van der Waals surface area contributed by atoms with Crippen molar-refractivity contribution in [1.29, 1.82) is 0 Å². The summed E-state index contributed by atoms with van der Waals surface area (Å²) in [6, 6.07) is 15.4. The van der Waals surface area contributed by atoms with Crippen LogP contribution in [0, 0.1) is 11.6 Å². The molecule has 9 nitrogen and oxygen atoms in total. The van der Waals surface area contributed by atoms with Gasteiger partial charge in [0.2, 0.25) is 5.91 Å². The fraction of sp³-hybridized carbons (Fsp3) is 0.364. The first kappa shape index (κ1) is 30.9. The van der Waals surface area contributed by atoms with Gasteiger partial charge in [-0.3, -0.25) is 14.4 Å². The van der Waals surface area contributed by atoms with E-state index in [0.29, 0.717) is 48.9 Å². The van der Waals surface area contributed by atoms with Crippen molar-refractivity contribution >= 4 is 29.1 Å². The number of carbonyl (C=O) groups excluding carboxylic acids is 3. The summed E-state index contributed by atoms with van der Waals surface area (Å²) in [6.45, 7) is 1.45. The second-order valence-corrected chi connectivity index (χ2v) is 11.3. The summed E-state index contributed by atoms with van der Waals surface area (Å²) in [5.41, 5.74) is 8.38. The normalized spacial score (nSPS) is 18.5. The van der Waals surface area contributed by atoms with E-state index in [1.54, 1.807) is 42.3 Å². The number of nitrogens with zero attached hydrogens (tertiary/aromatic N) is 2. The molecule has 0 spiro atoms. The number of hydrogen-bond donors (Lipinski definition) is 3. The highest BCUT2D eigenvalue weighted by atomic mass is 19.1. The standard InChI is InChI=1S/C33H37F2N5O4/c1-44-28-9-2-21(3-10-28)16-31(41)38-29-19-22(32(42)37-27-7-5-26(36)6-8-27)4-11-30(29)39-12-14-40(15-13-39)33(43)23-17-24(34)20-25(35)18-23/h2-4,9-11,17-20,26-27H,5-8,12-16,36H2,1H3,(H,37,42)(H,38,41). The van der Waals surface area contributed by atoms with Gasteiger partial charge in [0, 0.05) is 55.5 Å². The number of halogens is 2. The Morgan fingerprint density at radius 3 is 2.16 bits per heavy atom. The fourth-order valence-corrected chi connectivity index (χ4v) is 5.72. The van der Waals surface area contributed by atoms with E-state index >= 15 is 0 Å². The van der Waals surface area contributed by atoms with E-state index in [4.69, 9.17) is 10.5 Å². The Morgan fingerprint density at radius 1 is 0.864 bits per heavy atom. The average Bonchev–Trinajstić information content (AvgIpc) is 3.01. The van der Waals surface area contributed by atoms with Crippen molar-refractivity contribution in [3.8, 4) is 5.75 Å². The highest BCUT2D eigenvalue weighted by Gasteiger charge is 2.26. The van der Waals surface area contributed by atoms with E-state index in [-0.39, 0.29) is 35.9 Å². The maximum atomic E-state index is 13.7. The number of hydrogen-bond acceptors (Lipinski definition) is 6. The molecule has 1 saturated carbocycles. The largest absolute Gasteiger partial charge is 0.497 e. The minimum absolute atomic E-state index is 0.0438. The number of methoxy groups -OCH3 is 1. The van der Waals surface area contributed by atoms with E-state index < -0.39 is 17.5 Å². The molecule has 232 valence electrons. The third-order valence-corrected chi connectivity index (χ3v) is 8.18. The summed E-state index contributed by atoms with van der Waals surface area (Å²) < 4.78 is 32.6. The third-order valence-electron chi connectivity index (χ3n) is 8.18. The van der Waals surface area contributed by atoms with Gasteiger partial charge in [-0.2, -0.15) is 0 Å². The average molecular weight is 606 g/mol. The molecule has 5 rings (SSSR count). The van der Waals surface area contributed by atoms with E-state index in [9.17, 15) is 23.2 Å². The molecule has 1 aliphatic heterocycles. The molecule has 1 saturated heterocycles. The molecule has 1 aliphatic carbocycles. The van der Waals surface area contributed by atoms with Crippen LogP contribution in [0.5, 0.6) is 5.75 Å². The Morgan fingerprint density at radius 2 is 1.52 bits per heavy atom. The summed E-state index contributed by atoms with van der Waals surface area (Å²) in [5, 5.41) is 6.09. The molecule has 3 amide bonds. The maximum absolute atomic E-state index is 13.7. The number of ether oxygens (including phenoxy) is 1. The van der Waals surface area contributed by atoms with Crippen LogP contribution >= 0.6 is 0 Å². The fourth-order valence-electron chi connectivity index (χ4n) is 5.72. The van der Waals surface area contributed by atoms with Crippen LogP contribution in [0.3, 0.4) is 0 Å². The van der Waals surface area contributed by atoms with Crippen LogP contribution in [0.2, 0.25) is 0 Å². The number of nitrogens with two attached hydrogens (primary N) is 1. The summed E-state index contributed by atoms with van der Waals surface area (Å²) in [5.74, 6) is -1.85. The van der Waals surface area contributed by atoms with Crippen molar-refractivity contribution in [2.24, 2.45) is 5.73 Å². The van der Waals surface area contributed by atoms with Gasteiger partial charge < -0.3 is 30.9 Å². The molecule has 11 heteroatoms. The summed E-state index contributed by atoms with van der Waals surface area (Å²) in [7, 11) is 1.58. The summed E-state index contributed by atoms with van der Waals surface area (Å²) in [6.07, 6.45) is 3.48. The number of carbonyl (C=O) groups is 3. The van der Waals surface area contributed by atoms with Crippen molar-refractivity contribution in [2.45, 2.75) is 44.2 Å². The lowest BCUT2D eigenvalue weighted by atomic mass is 9.91. The Labute approximate surface area is 255 Å². The third kappa shape index (κ3) is 7.71. The Kier molecular flexibility index (Phi) is 9.74. The minimum atomic E-state index is -0.807. The van der Waals surface area contributed by atoms with Crippen LogP contribution in [-0.4, -0.2) is 68.0 Å². The number of anilines is 2. The highest BCUT2D eigenvalue weighted by Crippen LogP contribution is 2.30. The minimum Gasteiger partial charge on any atom is -0.497 e. The van der Waals surface area contributed by atoms with Crippen molar-refractivity contribution in [3.05, 3.63) is 89.0 Å². The van der Waals surface area contributed by atoms with Crippen LogP contribution in [0.4, 0.5) is 20.2 Å². The number of amides is 3. The molecular weight excluding hydrogens is 568 g/mol. The Bertz CT molecular complexity index is 1480. The molecule has 0 bridgehead atoms. The lowest BCUT2D eigenvalue weighted by Crippen LogP contribution is -2.49. The molecule has 2 aliphatic rings. The lowest BCUT2D eigenvalue weighted by Gasteiger charge is -2.37. The van der Waals surface area contributed by atoms with Crippen molar-refractivity contribution in [1.82, 2.24) is 10.2 Å². The Hall–Kier alpha value is -4.51. The maximum Gasteiger partial charge on any atom is 0.254 e. The van der Waals surface area contributed by atoms with E-state index in [0.717, 1.165) is 49.4 Å². The van der Waals surface area contributed by atoms with Gasteiger partial charge in [-0.1, -0.05) is 12.1 Å². The number of rotatable bonds is 8. The molecule has 0 atom stereocenters. The monoisotopic (exact) mass is 605 g/mol. The molecule has 4 N–H and O–H groups in total. The zero-order chi connectivity index (χ0) is 31.2. The zero-order valence-electron chi connectivity index (χ0n) is 24.7. The van der Waals surface area contributed by atoms with E-state index in [1.165, 1.54) is 0 Å². The van der Waals surface area contributed by atoms with Crippen LogP contribution in [0.25, 0.3) is 0 Å². The van der Waals surface area contributed by atoms with Crippen molar-refractivity contribution in [3.63, 3.8) is 0 Å². The smallest absolute Gasteiger partial charge is 0.254 e. The molecule has 1 heterocycles. The molecule has 0 aromatic heterocycles. The van der Waals surface area contributed by atoms with Crippen LogP contribution in [-0.2, 0) is 11.2 Å². The van der Waals surface area contributed by atoms with Gasteiger partial charge in [0.25, 0.3) is 11.8 Å². The van der Waals surface area contributed by atoms with Gasteiger partial charge in [0.1, 0.15) is 17.4 Å². The molecule has 3 aromatic rings. The topological polar surface area (TPSA) is 117 Å². The number of benzene rings is 3. The first-order valence-corrected chi connectivity index (χ1v) is 14.8. The molecular formula is C33H37F2N5O4. The SMILES string of the molecule is COc1ccc(CC(=O)Nc2cc(C(=O)NC3CCC(N)CC3)ccc2N2CCN(C(=O)c3cc(F)cc(F)c3)CC2)cc1. The van der Waals surface area contributed by atoms with Gasteiger partial charge in [0.15, 0.2) is 0 Å². The molecule has 0 radical (unpaired) electrons. The van der Waals surface area contributed by atoms with Crippen LogP contribution in [0.15, 0.2) is 60.7 Å². The van der Waals surface area contributed by atoms with Gasteiger partial charge in [-0.15, -0.1) is 0 Å². The van der Waals surface area contributed by atoms with Crippen molar-refractivity contribution in [2.75, 3.05) is 43.5 Å². The first-order chi connectivity index (χ1) is 21.2. The Balaban J connectivity index is 1.31. The van der Waals surface area contributed by atoms with E-state index in [2.05, 4.69) is 10.6 Å². The zero-order valence-corrected chi connectivity index (χ0v) is 24.7. The molecule has 2 fully saturated rings. The van der Waals surface area contributed by atoms with Crippen molar-refractivity contribution < 1.29 is 27.9 Å². The van der Waals surface area contributed by atoms with E-state index in [1.807, 2.05) is 17.0 Å². The van der Waals surface area contributed by atoms with Gasteiger partial charge >= 0.3 is 0 Å². The number of nitrogens with one attached hydrogen (secondary N) is 2. The summed E-state index contributed by atoms with van der Waals surface area (Å²) in [4.78, 5) is 42.9. The first-order valence-electron chi connectivity index (χ1n) is 14.8. The van der Waals surface area contributed by atoms with Gasteiger partial charge in [0.05, 0.1) is 24.9 Å². The van der Waals surface area contributed by atoms with Gasteiger partial charge in [-0.05, 0) is 73.7 Å². The van der Waals surface area contributed by atoms with Gasteiger partial charge in [-0.25, -0.2) is 8.78 Å². The molecule has 0 unspecified atom stereocenters. The molecule has 44 heavy (non-hydrogen) atoms. The predicted octanol–water partition coefficient (Wildman–Crippen LogP) is 4.12.